The van der Waals surface area contributed by atoms with Crippen molar-refractivity contribution in [1.82, 2.24) is 14.7 Å². The minimum atomic E-state index is -0.441. The first kappa shape index (κ1) is 21.1. The van der Waals surface area contributed by atoms with Gasteiger partial charge in [-0.05, 0) is 30.9 Å². The van der Waals surface area contributed by atoms with Gasteiger partial charge >= 0.3 is 0 Å². The molecule has 0 saturated heterocycles. The Hall–Kier alpha value is -3.15. The molecule has 1 aliphatic carbocycles. The van der Waals surface area contributed by atoms with Crippen LogP contribution in [0.1, 0.15) is 32.3 Å². The second-order valence-electron chi connectivity index (χ2n) is 8.47. The lowest BCUT2D eigenvalue weighted by atomic mass is 10.1. The van der Waals surface area contributed by atoms with Crippen molar-refractivity contribution in [1.29, 1.82) is 0 Å². The third kappa shape index (κ3) is 4.79. The van der Waals surface area contributed by atoms with E-state index in [2.05, 4.69) is 5.10 Å². The summed E-state index contributed by atoms with van der Waals surface area (Å²) in [5, 5.41) is 4.69. The highest BCUT2D eigenvalue weighted by atomic mass is 19.1. The maximum atomic E-state index is 14.3. The quantitative estimate of drug-likeness (QED) is 0.488. The summed E-state index contributed by atoms with van der Waals surface area (Å²) in [6.07, 6.45) is 2.30. The number of para-hydroxylation sites is 1. The number of ether oxygens (including phenoxy) is 1. The van der Waals surface area contributed by atoms with E-state index in [0.717, 1.165) is 36.2 Å². The Bertz CT molecular complexity index is 1060. The zero-order valence-corrected chi connectivity index (χ0v) is 18.2. The van der Waals surface area contributed by atoms with E-state index in [-0.39, 0.29) is 17.6 Å². The molecule has 0 aliphatic heterocycles. The molecule has 0 N–H and O–H groups in total. The number of aromatic nitrogens is 2. The van der Waals surface area contributed by atoms with E-state index in [4.69, 9.17) is 4.74 Å². The number of nitrogens with zero attached hydrogens (tertiary/aromatic N) is 3. The Morgan fingerprint density at radius 1 is 1.16 bits per heavy atom. The molecule has 1 heterocycles. The van der Waals surface area contributed by atoms with E-state index in [1.54, 1.807) is 29.9 Å². The number of carbonyl (C=O) groups is 1. The summed E-state index contributed by atoms with van der Waals surface area (Å²) in [7, 11) is 1.78. The highest BCUT2D eigenvalue weighted by Crippen LogP contribution is 2.36. The first-order chi connectivity index (χ1) is 14.9. The zero-order chi connectivity index (χ0) is 22.0. The molecule has 0 bridgehead atoms. The largest absolute Gasteiger partial charge is 0.436 e. The zero-order valence-electron chi connectivity index (χ0n) is 18.2. The Morgan fingerprint density at radius 2 is 1.84 bits per heavy atom. The van der Waals surface area contributed by atoms with Crippen LogP contribution in [0.3, 0.4) is 0 Å². The second-order valence-corrected chi connectivity index (χ2v) is 8.47. The van der Waals surface area contributed by atoms with Gasteiger partial charge < -0.3 is 9.64 Å². The molecule has 1 amide bonds. The van der Waals surface area contributed by atoms with E-state index < -0.39 is 5.82 Å². The lowest BCUT2D eigenvalue weighted by Crippen LogP contribution is -2.35. The summed E-state index contributed by atoms with van der Waals surface area (Å²) < 4.78 is 22.0. The molecule has 1 aromatic heterocycles. The summed E-state index contributed by atoms with van der Waals surface area (Å²) in [6, 6.07) is 16.1. The molecule has 4 rings (SSSR count). The smallest absolute Gasteiger partial charge is 0.225 e. The lowest BCUT2D eigenvalue weighted by Gasteiger charge is -2.25. The van der Waals surface area contributed by atoms with E-state index in [9.17, 15) is 9.18 Å². The van der Waals surface area contributed by atoms with Gasteiger partial charge in [0.15, 0.2) is 11.6 Å². The van der Waals surface area contributed by atoms with Crippen molar-refractivity contribution in [3.05, 3.63) is 66.0 Å². The molecule has 6 heteroatoms. The average molecular weight is 422 g/mol. The van der Waals surface area contributed by atoms with Gasteiger partial charge in [0.1, 0.15) is 5.69 Å². The van der Waals surface area contributed by atoms with Crippen LogP contribution in [0, 0.1) is 17.7 Å². The fourth-order valence-electron chi connectivity index (χ4n) is 3.68. The van der Waals surface area contributed by atoms with Crippen molar-refractivity contribution < 1.29 is 13.9 Å². The summed E-state index contributed by atoms with van der Waals surface area (Å²) in [4.78, 5) is 14.9. The third-order valence-corrected chi connectivity index (χ3v) is 5.51. The summed E-state index contributed by atoms with van der Waals surface area (Å²) in [5.74, 6) is 0.689. The number of hydrogen-bond acceptors (Lipinski definition) is 3. The Balaban J connectivity index is 1.77. The average Bonchev–Trinajstić information content (AvgIpc) is 3.53. The van der Waals surface area contributed by atoms with Gasteiger partial charge in [-0.15, -0.1) is 0 Å². The fraction of sp³-hybridized carbons (Fsp3) is 0.360. The van der Waals surface area contributed by atoms with Crippen LogP contribution in [0.5, 0.6) is 11.6 Å². The summed E-state index contributed by atoms with van der Waals surface area (Å²) >= 11 is 0. The molecule has 31 heavy (non-hydrogen) atoms. The number of carbonyl (C=O) groups excluding carboxylic acids is 1. The fourth-order valence-corrected chi connectivity index (χ4v) is 3.68. The number of aryl methyl sites for hydroxylation is 1. The molecule has 0 unspecified atom stereocenters. The molecule has 0 radical (unpaired) electrons. The molecule has 0 spiro atoms. The maximum Gasteiger partial charge on any atom is 0.225 e. The minimum Gasteiger partial charge on any atom is -0.436 e. The van der Waals surface area contributed by atoms with Crippen molar-refractivity contribution >= 4 is 5.91 Å². The van der Waals surface area contributed by atoms with Gasteiger partial charge in [0.05, 0.1) is 12.1 Å². The SMILES string of the molecule is CC(C)C(=O)N(Cc1c(-c2ccccc2)nn(C)c1Oc1ccccc1F)CC1CC1. The topological polar surface area (TPSA) is 47.4 Å². The Kier molecular flexibility index (Phi) is 6.07. The highest BCUT2D eigenvalue weighted by Gasteiger charge is 2.30. The van der Waals surface area contributed by atoms with Gasteiger partial charge in [0.2, 0.25) is 11.8 Å². The second kappa shape index (κ2) is 8.92. The van der Waals surface area contributed by atoms with Crippen LogP contribution < -0.4 is 4.74 Å². The van der Waals surface area contributed by atoms with Gasteiger partial charge in [-0.2, -0.15) is 5.10 Å². The van der Waals surface area contributed by atoms with Crippen molar-refractivity contribution in [2.75, 3.05) is 6.54 Å². The molecule has 1 fully saturated rings. The van der Waals surface area contributed by atoms with Gasteiger partial charge in [-0.3, -0.25) is 4.79 Å². The van der Waals surface area contributed by atoms with Gasteiger partial charge in [-0.1, -0.05) is 56.3 Å². The van der Waals surface area contributed by atoms with E-state index in [0.29, 0.717) is 18.3 Å². The summed E-state index contributed by atoms with van der Waals surface area (Å²) in [6.45, 7) is 4.93. The molecular weight excluding hydrogens is 393 g/mol. The predicted molar refractivity (Wildman–Crippen MR) is 118 cm³/mol. The predicted octanol–water partition coefficient (Wildman–Crippen LogP) is 5.41. The monoisotopic (exact) mass is 421 g/mol. The number of benzene rings is 2. The van der Waals surface area contributed by atoms with Crippen molar-refractivity contribution in [2.45, 2.75) is 33.2 Å². The standard InChI is InChI=1S/C25H28FN3O2/c1-17(2)24(30)29(15-18-13-14-18)16-20-23(19-9-5-4-6-10-19)27-28(3)25(20)31-22-12-8-7-11-21(22)26/h4-12,17-18H,13-16H2,1-3H3. The van der Waals surface area contributed by atoms with Crippen LogP contribution in [-0.2, 0) is 18.4 Å². The van der Waals surface area contributed by atoms with Crippen LogP contribution in [0.25, 0.3) is 11.3 Å². The Labute approximate surface area is 182 Å². The molecule has 0 atom stereocenters. The van der Waals surface area contributed by atoms with E-state index in [1.807, 2.05) is 49.1 Å². The highest BCUT2D eigenvalue weighted by molar-refractivity contribution is 5.78. The maximum absolute atomic E-state index is 14.3. The lowest BCUT2D eigenvalue weighted by molar-refractivity contribution is -0.135. The minimum absolute atomic E-state index is 0.103. The van der Waals surface area contributed by atoms with Crippen molar-refractivity contribution in [3.8, 4) is 22.9 Å². The van der Waals surface area contributed by atoms with Crippen LogP contribution in [-0.4, -0.2) is 27.1 Å². The van der Waals surface area contributed by atoms with Crippen LogP contribution in [0.15, 0.2) is 54.6 Å². The first-order valence-electron chi connectivity index (χ1n) is 10.8. The molecule has 3 aromatic rings. The van der Waals surface area contributed by atoms with Gasteiger partial charge in [0.25, 0.3) is 0 Å². The Morgan fingerprint density at radius 3 is 2.48 bits per heavy atom. The number of halogens is 1. The molecule has 1 saturated carbocycles. The van der Waals surface area contributed by atoms with Crippen LogP contribution >= 0.6 is 0 Å². The number of amides is 1. The molecular formula is C25H28FN3O2. The van der Waals surface area contributed by atoms with E-state index >= 15 is 0 Å². The normalized spacial score (nSPS) is 13.5. The van der Waals surface area contributed by atoms with Crippen molar-refractivity contribution in [3.63, 3.8) is 0 Å². The van der Waals surface area contributed by atoms with Gasteiger partial charge in [-0.25, -0.2) is 9.07 Å². The summed E-state index contributed by atoms with van der Waals surface area (Å²) in [5.41, 5.74) is 2.46. The first-order valence-corrected chi connectivity index (χ1v) is 10.8. The number of rotatable bonds is 8. The van der Waals surface area contributed by atoms with Crippen LogP contribution in [0.4, 0.5) is 4.39 Å². The molecule has 162 valence electrons. The van der Waals surface area contributed by atoms with E-state index in [1.165, 1.54) is 6.07 Å². The molecule has 5 nitrogen and oxygen atoms in total. The van der Waals surface area contributed by atoms with Crippen LogP contribution in [0.2, 0.25) is 0 Å². The third-order valence-electron chi connectivity index (χ3n) is 5.51. The van der Waals surface area contributed by atoms with Crippen molar-refractivity contribution in [2.24, 2.45) is 18.9 Å². The number of hydrogen-bond donors (Lipinski definition) is 0. The molecule has 1 aliphatic rings. The van der Waals surface area contributed by atoms with Gasteiger partial charge in [0, 0.05) is 25.1 Å². The molecule has 2 aromatic carbocycles.